The van der Waals surface area contributed by atoms with Crippen LogP contribution in [0.3, 0.4) is 0 Å². The molecule has 0 saturated heterocycles. The predicted octanol–water partition coefficient (Wildman–Crippen LogP) is 5.46. The largest absolute Gasteiger partial charge is 0.366 e. The molecule has 4 nitrogen and oxygen atoms in total. The fourth-order valence-corrected chi connectivity index (χ4v) is 2.68. The van der Waals surface area contributed by atoms with Gasteiger partial charge in [0.2, 0.25) is 0 Å². The molecule has 0 aliphatic rings. The molecule has 22 heavy (non-hydrogen) atoms. The summed E-state index contributed by atoms with van der Waals surface area (Å²) in [7, 11) is 0. The monoisotopic (exact) mass is 308 g/mol. The smallest absolute Gasteiger partial charge is 0.293 e. The molecule has 0 atom stereocenters. The van der Waals surface area contributed by atoms with Crippen molar-refractivity contribution < 1.29 is 4.92 Å². The Kier molecular flexibility index (Phi) is 7.57. The summed E-state index contributed by atoms with van der Waals surface area (Å²) in [6.45, 7) is 14.2. The minimum Gasteiger partial charge on any atom is -0.366 e. The van der Waals surface area contributed by atoms with Crippen molar-refractivity contribution >= 4 is 11.4 Å². The van der Waals surface area contributed by atoms with Gasteiger partial charge in [-0.15, -0.1) is 0 Å². The van der Waals surface area contributed by atoms with Crippen LogP contribution in [0, 0.1) is 17.0 Å². The van der Waals surface area contributed by atoms with E-state index in [2.05, 4.69) is 45.6 Å². The first kappa shape index (κ1) is 20.4. The van der Waals surface area contributed by atoms with Gasteiger partial charge in [0.25, 0.3) is 5.69 Å². The van der Waals surface area contributed by atoms with E-state index in [9.17, 15) is 10.1 Å². The predicted molar refractivity (Wildman–Crippen MR) is 96.1 cm³/mol. The number of hydrogen-bond donors (Lipinski definition) is 0. The number of aryl methyl sites for hydroxylation is 1. The minimum atomic E-state index is -0.240. The van der Waals surface area contributed by atoms with Crippen molar-refractivity contribution in [3.05, 3.63) is 33.4 Å². The highest BCUT2D eigenvalue weighted by Gasteiger charge is 2.29. The summed E-state index contributed by atoms with van der Waals surface area (Å²) in [5.74, 6) is 0. The van der Waals surface area contributed by atoms with Crippen molar-refractivity contribution in [2.75, 3.05) is 18.0 Å². The van der Waals surface area contributed by atoms with E-state index < -0.39 is 0 Å². The number of rotatable bonds is 6. The average Bonchev–Trinajstić information content (AvgIpc) is 2.36. The molecular weight excluding hydrogens is 276 g/mol. The first-order valence-corrected chi connectivity index (χ1v) is 7.76. The summed E-state index contributed by atoms with van der Waals surface area (Å²) in [4.78, 5) is 13.5. The average molecular weight is 308 g/mol. The van der Waals surface area contributed by atoms with Gasteiger partial charge < -0.3 is 4.90 Å². The molecule has 0 unspecified atom stereocenters. The molecule has 0 aliphatic heterocycles. The van der Waals surface area contributed by atoms with E-state index in [0.29, 0.717) is 0 Å². The lowest BCUT2D eigenvalue weighted by Crippen LogP contribution is -2.29. The molecule has 0 spiro atoms. The van der Waals surface area contributed by atoms with Crippen LogP contribution in [0.2, 0.25) is 0 Å². The van der Waals surface area contributed by atoms with Crippen molar-refractivity contribution in [2.24, 2.45) is 0 Å². The van der Waals surface area contributed by atoms with Crippen molar-refractivity contribution in [1.29, 1.82) is 0 Å². The Bertz CT molecular complexity index is 499. The fraction of sp³-hybridized carbons (Fsp3) is 0.667. The lowest BCUT2D eigenvalue weighted by atomic mass is 9.84. The van der Waals surface area contributed by atoms with Crippen LogP contribution in [-0.2, 0) is 5.41 Å². The van der Waals surface area contributed by atoms with Gasteiger partial charge in [0.05, 0.1) is 4.92 Å². The van der Waals surface area contributed by atoms with Gasteiger partial charge in [0.1, 0.15) is 5.69 Å². The molecule has 126 valence electrons. The SMILES string of the molecule is C.CCCN(CCC)c1c([N+](=O)[O-])cc(C)cc1C(C)(C)C. The maximum Gasteiger partial charge on any atom is 0.293 e. The third kappa shape index (κ3) is 4.72. The Labute approximate surface area is 135 Å². The standard InChI is InChI=1S/C17H28N2O2.CH4/c1-7-9-18(10-8-2)16-14(17(4,5)6)11-13(3)12-15(16)19(20)21;/h11-12H,7-10H2,1-6H3;1H4. The van der Waals surface area contributed by atoms with E-state index in [1.54, 1.807) is 6.07 Å². The van der Waals surface area contributed by atoms with Gasteiger partial charge in [-0.25, -0.2) is 0 Å². The molecule has 0 aromatic heterocycles. The lowest BCUT2D eigenvalue weighted by Gasteiger charge is -2.31. The second-order valence-corrected chi connectivity index (χ2v) is 6.67. The Hall–Kier alpha value is -1.58. The summed E-state index contributed by atoms with van der Waals surface area (Å²) in [6.07, 6.45) is 1.96. The zero-order valence-electron chi connectivity index (χ0n) is 14.2. The van der Waals surface area contributed by atoms with Crippen LogP contribution in [0.15, 0.2) is 12.1 Å². The molecule has 1 aromatic rings. The van der Waals surface area contributed by atoms with Crippen LogP contribution >= 0.6 is 0 Å². The first-order chi connectivity index (χ1) is 9.72. The molecule has 4 heteroatoms. The molecular formula is C18H32N2O2. The highest BCUT2D eigenvalue weighted by molar-refractivity contribution is 5.71. The molecule has 0 bridgehead atoms. The molecule has 0 fully saturated rings. The summed E-state index contributed by atoms with van der Waals surface area (Å²) in [5, 5.41) is 11.5. The normalized spacial score (nSPS) is 11.0. The van der Waals surface area contributed by atoms with Gasteiger partial charge in [0.15, 0.2) is 0 Å². The second-order valence-electron chi connectivity index (χ2n) is 6.67. The third-order valence-electron chi connectivity index (χ3n) is 3.54. The zero-order chi connectivity index (χ0) is 16.2. The van der Waals surface area contributed by atoms with Crippen LogP contribution in [0.4, 0.5) is 11.4 Å². The number of nitro groups is 1. The van der Waals surface area contributed by atoms with Crippen LogP contribution in [0.1, 0.15) is 66.0 Å². The van der Waals surface area contributed by atoms with Crippen LogP contribution in [-0.4, -0.2) is 18.0 Å². The Morgan fingerprint density at radius 1 is 1.14 bits per heavy atom. The van der Waals surface area contributed by atoms with Crippen molar-refractivity contribution in [3.8, 4) is 0 Å². The van der Waals surface area contributed by atoms with Gasteiger partial charge in [-0.3, -0.25) is 10.1 Å². The van der Waals surface area contributed by atoms with Gasteiger partial charge in [-0.2, -0.15) is 0 Å². The summed E-state index contributed by atoms with van der Waals surface area (Å²) in [6, 6.07) is 3.80. The highest BCUT2D eigenvalue weighted by atomic mass is 16.6. The molecule has 1 rings (SSSR count). The van der Waals surface area contributed by atoms with Crippen molar-refractivity contribution in [1.82, 2.24) is 0 Å². The number of nitrogens with zero attached hydrogens (tertiary/aromatic N) is 2. The van der Waals surface area contributed by atoms with E-state index in [1.165, 1.54) is 0 Å². The Morgan fingerprint density at radius 3 is 2.00 bits per heavy atom. The van der Waals surface area contributed by atoms with Crippen LogP contribution in [0.25, 0.3) is 0 Å². The minimum absolute atomic E-state index is 0. The topological polar surface area (TPSA) is 46.4 Å². The van der Waals surface area contributed by atoms with E-state index in [0.717, 1.165) is 42.7 Å². The molecule has 0 N–H and O–H groups in total. The van der Waals surface area contributed by atoms with Gasteiger partial charge in [0, 0.05) is 19.2 Å². The van der Waals surface area contributed by atoms with E-state index in [1.807, 2.05) is 6.92 Å². The molecule has 0 saturated carbocycles. The van der Waals surface area contributed by atoms with E-state index in [-0.39, 0.29) is 23.5 Å². The van der Waals surface area contributed by atoms with Gasteiger partial charge in [-0.05, 0) is 36.3 Å². The number of nitro benzene ring substituents is 1. The Morgan fingerprint density at radius 2 is 1.64 bits per heavy atom. The quantitative estimate of drug-likeness (QED) is 0.517. The van der Waals surface area contributed by atoms with Gasteiger partial charge in [-0.1, -0.05) is 48.1 Å². The van der Waals surface area contributed by atoms with Crippen molar-refractivity contribution in [2.45, 2.75) is 67.2 Å². The van der Waals surface area contributed by atoms with Gasteiger partial charge >= 0.3 is 0 Å². The molecule has 0 radical (unpaired) electrons. The first-order valence-electron chi connectivity index (χ1n) is 7.76. The van der Waals surface area contributed by atoms with Crippen molar-refractivity contribution in [3.63, 3.8) is 0 Å². The van der Waals surface area contributed by atoms with E-state index in [4.69, 9.17) is 0 Å². The van der Waals surface area contributed by atoms with E-state index >= 15 is 0 Å². The fourth-order valence-electron chi connectivity index (χ4n) is 2.68. The second kappa shape index (κ2) is 8.16. The number of hydrogen-bond acceptors (Lipinski definition) is 3. The summed E-state index contributed by atoms with van der Waals surface area (Å²) in [5.41, 5.74) is 2.94. The lowest BCUT2D eigenvalue weighted by molar-refractivity contribution is -0.384. The molecule has 1 aromatic carbocycles. The summed E-state index contributed by atoms with van der Waals surface area (Å²) >= 11 is 0. The highest BCUT2D eigenvalue weighted by Crippen LogP contribution is 2.40. The maximum absolute atomic E-state index is 11.5. The zero-order valence-corrected chi connectivity index (χ0v) is 14.2. The molecule has 0 heterocycles. The summed E-state index contributed by atoms with van der Waals surface area (Å²) < 4.78 is 0. The maximum atomic E-state index is 11.5. The molecule has 0 aliphatic carbocycles. The third-order valence-corrected chi connectivity index (χ3v) is 3.54. The van der Waals surface area contributed by atoms with Crippen LogP contribution < -0.4 is 4.90 Å². The molecule has 0 amide bonds. The Balaban J connectivity index is 0.00000441. The van der Waals surface area contributed by atoms with Crippen LogP contribution in [0.5, 0.6) is 0 Å². The number of anilines is 1. The number of benzene rings is 1.